The van der Waals surface area contributed by atoms with Gasteiger partial charge in [0.1, 0.15) is 21.6 Å². The third kappa shape index (κ3) is 5.05. The Bertz CT molecular complexity index is 1480. The van der Waals surface area contributed by atoms with Gasteiger partial charge in [-0.3, -0.25) is 18.9 Å². The molecule has 0 spiro atoms. The summed E-state index contributed by atoms with van der Waals surface area (Å²) in [6.07, 6.45) is 3.97. The topological polar surface area (TPSA) is 70.4 Å². The number of ether oxygens (including phenoxy) is 1. The number of hydrogen-bond donors (Lipinski definition) is 0. The van der Waals surface area contributed by atoms with Crippen molar-refractivity contribution in [3.05, 3.63) is 74.8 Å². The number of fused-ring (bicyclic) bond motifs is 1. The fourth-order valence-corrected chi connectivity index (χ4v) is 6.02. The van der Waals surface area contributed by atoms with E-state index in [0.717, 1.165) is 5.56 Å². The number of anilines is 2. The monoisotopic (exact) mass is 553 g/mol. The second-order valence-corrected chi connectivity index (χ2v) is 10.8. The maximum absolute atomic E-state index is 14.4. The number of carbonyl (C=O) groups excluding carboxylic acids is 1. The van der Waals surface area contributed by atoms with Crippen molar-refractivity contribution in [3.63, 3.8) is 0 Å². The van der Waals surface area contributed by atoms with Crippen molar-refractivity contribution >= 4 is 57.4 Å². The number of thioether (sulfide) groups is 1. The molecule has 0 unspecified atom stereocenters. The summed E-state index contributed by atoms with van der Waals surface area (Å²) >= 11 is 6.65. The molecule has 2 aromatic heterocycles. The van der Waals surface area contributed by atoms with Gasteiger partial charge in [-0.05, 0) is 43.2 Å². The van der Waals surface area contributed by atoms with E-state index in [0.29, 0.717) is 77.7 Å². The number of aromatic nitrogens is 2. The first kappa shape index (κ1) is 26.3. The summed E-state index contributed by atoms with van der Waals surface area (Å²) < 4.78 is 21.5. The predicted molar refractivity (Wildman–Crippen MR) is 153 cm³/mol. The highest BCUT2D eigenvalue weighted by molar-refractivity contribution is 8.26. The predicted octanol–water partition coefficient (Wildman–Crippen LogP) is 3.71. The van der Waals surface area contributed by atoms with Gasteiger partial charge in [-0.2, -0.15) is 0 Å². The molecule has 11 heteroatoms. The van der Waals surface area contributed by atoms with Crippen molar-refractivity contribution in [2.24, 2.45) is 0 Å². The number of amides is 1. The van der Waals surface area contributed by atoms with Crippen molar-refractivity contribution < 1.29 is 13.9 Å². The number of carbonyl (C=O) groups is 1. The Morgan fingerprint density at radius 3 is 2.58 bits per heavy atom. The molecule has 1 aromatic carbocycles. The van der Waals surface area contributed by atoms with Gasteiger partial charge in [0, 0.05) is 52.6 Å². The van der Waals surface area contributed by atoms with Gasteiger partial charge in [-0.15, -0.1) is 0 Å². The SMILES string of the molecule is COCCCN1C(=O)/C(=C\c2c(N3CCN(c4ccccc4F)CC3)nc3c(C)cccn3c2=O)SC1=S. The largest absolute Gasteiger partial charge is 0.385 e. The van der Waals surface area contributed by atoms with Gasteiger partial charge in [0.2, 0.25) is 0 Å². The second-order valence-electron chi connectivity index (χ2n) is 9.14. The normalized spacial score (nSPS) is 17.3. The van der Waals surface area contributed by atoms with Crippen LogP contribution in [0.25, 0.3) is 11.7 Å². The van der Waals surface area contributed by atoms with E-state index in [1.54, 1.807) is 42.5 Å². The lowest BCUT2D eigenvalue weighted by atomic mass is 10.2. The number of thiocarbonyl (C=S) groups is 1. The summed E-state index contributed by atoms with van der Waals surface area (Å²) in [6.45, 7) is 5.10. The summed E-state index contributed by atoms with van der Waals surface area (Å²) in [4.78, 5) is 37.8. The van der Waals surface area contributed by atoms with Crippen molar-refractivity contribution in [2.45, 2.75) is 13.3 Å². The van der Waals surface area contributed by atoms with E-state index in [2.05, 4.69) is 0 Å². The number of hydrogen-bond acceptors (Lipinski definition) is 8. The van der Waals surface area contributed by atoms with E-state index >= 15 is 0 Å². The van der Waals surface area contributed by atoms with Crippen LogP contribution in [0.2, 0.25) is 0 Å². The van der Waals surface area contributed by atoms with Gasteiger partial charge in [0.15, 0.2) is 0 Å². The zero-order valence-corrected chi connectivity index (χ0v) is 22.9. The second kappa shape index (κ2) is 11.2. The standard InChI is InChI=1S/C27H28FN5O3S2/c1-18-7-5-10-32-23(18)29-24(31-14-12-30(13-15-31)21-9-4-3-8-20(21)28)19(25(32)34)17-22-26(35)33(27(37)38-22)11-6-16-36-2/h3-5,7-10,17H,6,11-16H2,1-2H3/b22-17+. The van der Waals surface area contributed by atoms with Crippen LogP contribution in [0.3, 0.4) is 0 Å². The minimum Gasteiger partial charge on any atom is -0.385 e. The van der Waals surface area contributed by atoms with Gasteiger partial charge < -0.3 is 14.5 Å². The van der Waals surface area contributed by atoms with Crippen LogP contribution >= 0.6 is 24.0 Å². The molecular formula is C27H28FN5O3S2. The molecular weight excluding hydrogens is 525 g/mol. The third-order valence-electron chi connectivity index (χ3n) is 6.72. The number of aryl methyl sites for hydroxylation is 1. The quantitative estimate of drug-likeness (QED) is 0.249. The Balaban J connectivity index is 1.51. The molecule has 2 saturated heterocycles. The van der Waals surface area contributed by atoms with E-state index in [9.17, 15) is 14.0 Å². The van der Waals surface area contributed by atoms with Crippen LogP contribution in [0.1, 0.15) is 17.5 Å². The molecule has 4 heterocycles. The minimum atomic E-state index is -0.258. The zero-order chi connectivity index (χ0) is 26.8. The molecule has 1 amide bonds. The minimum absolute atomic E-state index is 0.222. The van der Waals surface area contributed by atoms with Crippen LogP contribution in [-0.4, -0.2) is 71.0 Å². The summed E-state index contributed by atoms with van der Waals surface area (Å²) in [5, 5.41) is 0. The maximum Gasteiger partial charge on any atom is 0.267 e. The van der Waals surface area contributed by atoms with Crippen LogP contribution in [0.4, 0.5) is 15.9 Å². The number of methoxy groups -OCH3 is 1. The zero-order valence-electron chi connectivity index (χ0n) is 21.2. The maximum atomic E-state index is 14.4. The molecule has 2 aliphatic rings. The highest BCUT2D eigenvalue weighted by atomic mass is 32.2. The first-order chi connectivity index (χ1) is 18.4. The fraction of sp³-hybridized carbons (Fsp3) is 0.333. The van der Waals surface area contributed by atoms with E-state index in [1.807, 2.05) is 28.9 Å². The molecule has 0 atom stereocenters. The Labute approximate surface area is 229 Å². The summed E-state index contributed by atoms with van der Waals surface area (Å²) in [5.74, 6) is 0.0363. The molecule has 198 valence electrons. The highest BCUT2D eigenvalue weighted by Crippen LogP contribution is 2.34. The van der Waals surface area contributed by atoms with Crippen LogP contribution in [0.5, 0.6) is 0 Å². The van der Waals surface area contributed by atoms with E-state index in [4.69, 9.17) is 21.9 Å². The first-order valence-electron chi connectivity index (χ1n) is 12.4. The average Bonchev–Trinajstić information content (AvgIpc) is 3.18. The molecule has 0 aliphatic carbocycles. The number of para-hydroxylation sites is 1. The first-order valence-corrected chi connectivity index (χ1v) is 13.6. The molecule has 8 nitrogen and oxygen atoms in total. The number of halogens is 1. The Hall–Kier alpha value is -3.28. The van der Waals surface area contributed by atoms with Crippen molar-refractivity contribution in [1.82, 2.24) is 14.3 Å². The fourth-order valence-electron chi connectivity index (χ4n) is 4.73. The number of benzene rings is 1. The average molecular weight is 554 g/mol. The molecule has 3 aromatic rings. The number of piperazine rings is 1. The van der Waals surface area contributed by atoms with E-state index in [-0.39, 0.29) is 17.3 Å². The van der Waals surface area contributed by atoms with Gasteiger partial charge >= 0.3 is 0 Å². The molecule has 0 bridgehead atoms. The van der Waals surface area contributed by atoms with Gasteiger partial charge in [0.05, 0.1) is 16.2 Å². The highest BCUT2D eigenvalue weighted by Gasteiger charge is 2.33. The molecule has 0 N–H and O–H groups in total. The molecule has 5 rings (SSSR count). The van der Waals surface area contributed by atoms with Crippen LogP contribution in [-0.2, 0) is 9.53 Å². The molecule has 2 fully saturated rings. The number of rotatable bonds is 7. The summed E-state index contributed by atoms with van der Waals surface area (Å²) in [6, 6.07) is 10.4. The smallest absolute Gasteiger partial charge is 0.267 e. The van der Waals surface area contributed by atoms with Crippen LogP contribution < -0.4 is 15.4 Å². The van der Waals surface area contributed by atoms with Crippen LogP contribution in [0, 0.1) is 12.7 Å². The van der Waals surface area contributed by atoms with Crippen LogP contribution in [0.15, 0.2) is 52.3 Å². The Morgan fingerprint density at radius 2 is 1.84 bits per heavy atom. The Kier molecular flexibility index (Phi) is 7.78. The van der Waals surface area contributed by atoms with Crippen molar-refractivity contribution in [1.29, 1.82) is 0 Å². The van der Waals surface area contributed by atoms with Gasteiger partial charge in [0.25, 0.3) is 11.5 Å². The van der Waals surface area contributed by atoms with Crippen molar-refractivity contribution in [3.8, 4) is 0 Å². The van der Waals surface area contributed by atoms with Gasteiger partial charge in [-0.25, -0.2) is 9.37 Å². The van der Waals surface area contributed by atoms with E-state index < -0.39 is 0 Å². The molecule has 2 aliphatic heterocycles. The molecule has 38 heavy (non-hydrogen) atoms. The number of nitrogens with zero attached hydrogens (tertiary/aromatic N) is 5. The Morgan fingerprint density at radius 1 is 1.11 bits per heavy atom. The lowest BCUT2D eigenvalue weighted by Crippen LogP contribution is -2.47. The summed E-state index contributed by atoms with van der Waals surface area (Å²) in [7, 11) is 1.61. The van der Waals surface area contributed by atoms with Gasteiger partial charge in [-0.1, -0.05) is 42.2 Å². The molecule has 0 saturated carbocycles. The molecule has 0 radical (unpaired) electrons. The lowest BCUT2D eigenvalue weighted by Gasteiger charge is -2.37. The van der Waals surface area contributed by atoms with E-state index in [1.165, 1.54) is 22.2 Å². The van der Waals surface area contributed by atoms with Crippen molar-refractivity contribution in [2.75, 3.05) is 56.2 Å². The third-order valence-corrected chi connectivity index (χ3v) is 8.09. The lowest BCUT2D eigenvalue weighted by molar-refractivity contribution is -0.122. The number of pyridine rings is 1. The summed E-state index contributed by atoms with van der Waals surface area (Å²) in [5.41, 5.74) is 2.08.